The number of rotatable bonds is 9. The van der Waals surface area contributed by atoms with E-state index in [1.165, 1.54) is 11.8 Å². The maximum absolute atomic E-state index is 11.2. The Morgan fingerprint density at radius 3 is 2.64 bits per heavy atom. The topological polar surface area (TPSA) is 35.5 Å². The Bertz CT molecular complexity index is 148. The first kappa shape index (κ1) is 13.9. The lowest BCUT2D eigenvalue weighted by atomic mass is 10.1. The third-order valence-electron chi connectivity index (χ3n) is 1.50. The molecule has 0 bridgehead atoms. The van der Waals surface area contributed by atoms with E-state index in [-0.39, 0.29) is 0 Å². The van der Waals surface area contributed by atoms with Crippen LogP contribution in [0.15, 0.2) is 0 Å². The molecule has 0 saturated carbocycles. The van der Waals surface area contributed by atoms with Crippen molar-refractivity contribution in [2.75, 3.05) is 32.0 Å². The van der Waals surface area contributed by atoms with Crippen molar-refractivity contribution in [2.24, 2.45) is 5.92 Å². The van der Waals surface area contributed by atoms with E-state index in [0.29, 0.717) is 43.0 Å². The number of carbonyl (C=O) groups excluding carboxylic acids is 1. The molecule has 0 radical (unpaired) electrons. The molecule has 0 atom stereocenters. The Kier molecular flexibility index (Phi) is 9.45. The zero-order valence-electron chi connectivity index (χ0n) is 9.25. The van der Waals surface area contributed by atoms with Crippen molar-refractivity contribution < 1.29 is 14.3 Å². The molecule has 84 valence electrons. The number of thioether (sulfide) groups is 1. The van der Waals surface area contributed by atoms with Crippen molar-refractivity contribution in [2.45, 2.75) is 20.3 Å². The molecule has 0 aliphatic rings. The van der Waals surface area contributed by atoms with Gasteiger partial charge in [0.1, 0.15) is 5.78 Å². The van der Waals surface area contributed by atoms with Crippen LogP contribution in [0.3, 0.4) is 0 Å². The molecule has 0 heterocycles. The maximum atomic E-state index is 11.2. The Hall–Kier alpha value is -0.0600. The quantitative estimate of drug-likeness (QED) is 0.439. The molecular weight excluding hydrogens is 200 g/mol. The highest BCUT2D eigenvalue weighted by molar-refractivity contribution is 7.99. The first-order chi connectivity index (χ1) is 6.66. The van der Waals surface area contributed by atoms with Crippen LogP contribution in [-0.2, 0) is 14.3 Å². The molecule has 0 aromatic heterocycles. The fraction of sp³-hybridized carbons (Fsp3) is 0.900. The van der Waals surface area contributed by atoms with Gasteiger partial charge in [0.25, 0.3) is 0 Å². The summed E-state index contributed by atoms with van der Waals surface area (Å²) in [6, 6.07) is 0. The molecule has 3 nitrogen and oxygen atoms in total. The molecule has 4 heteroatoms. The normalized spacial score (nSPS) is 10.9. The minimum atomic E-state index is 0.306. The van der Waals surface area contributed by atoms with E-state index in [0.717, 1.165) is 0 Å². The van der Waals surface area contributed by atoms with Crippen LogP contribution in [0.5, 0.6) is 0 Å². The number of ether oxygens (including phenoxy) is 2. The summed E-state index contributed by atoms with van der Waals surface area (Å²) < 4.78 is 10.0. The summed E-state index contributed by atoms with van der Waals surface area (Å²) in [6.45, 7) is 5.32. The van der Waals surface area contributed by atoms with Gasteiger partial charge in [-0.1, -0.05) is 13.8 Å². The Labute approximate surface area is 90.5 Å². The van der Waals surface area contributed by atoms with Gasteiger partial charge in [0.15, 0.2) is 0 Å². The molecular formula is C10H20O3S. The summed E-state index contributed by atoms with van der Waals surface area (Å²) in [5, 5.41) is 0. The molecule has 0 aromatic rings. The van der Waals surface area contributed by atoms with Crippen LogP contribution >= 0.6 is 11.8 Å². The molecule has 0 N–H and O–H groups in total. The van der Waals surface area contributed by atoms with Crippen LogP contribution in [0.1, 0.15) is 20.3 Å². The van der Waals surface area contributed by atoms with Crippen molar-refractivity contribution in [3.05, 3.63) is 0 Å². The van der Waals surface area contributed by atoms with Gasteiger partial charge in [0.05, 0.1) is 24.9 Å². The van der Waals surface area contributed by atoms with Crippen LogP contribution in [0.4, 0.5) is 0 Å². The predicted molar refractivity (Wildman–Crippen MR) is 59.6 cm³/mol. The van der Waals surface area contributed by atoms with Gasteiger partial charge in [-0.3, -0.25) is 4.79 Å². The second-order valence-electron chi connectivity index (χ2n) is 3.50. The van der Waals surface area contributed by atoms with Gasteiger partial charge in [-0.2, -0.15) is 0 Å². The minimum Gasteiger partial charge on any atom is -0.382 e. The molecule has 14 heavy (non-hydrogen) atoms. The molecule has 0 rings (SSSR count). The molecule has 0 unspecified atom stereocenters. The van der Waals surface area contributed by atoms with Crippen LogP contribution in [-0.4, -0.2) is 37.8 Å². The SMILES string of the molecule is COCCOCSCC(=O)CC(C)C. The standard InChI is InChI=1S/C10H20O3S/c1-9(2)6-10(11)7-14-8-13-5-4-12-3/h9H,4-8H2,1-3H3. The Morgan fingerprint density at radius 2 is 2.07 bits per heavy atom. The minimum absolute atomic E-state index is 0.306. The lowest BCUT2D eigenvalue weighted by Gasteiger charge is -2.04. The zero-order chi connectivity index (χ0) is 10.8. The van der Waals surface area contributed by atoms with Gasteiger partial charge in [0, 0.05) is 13.5 Å². The second-order valence-corrected chi connectivity index (χ2v) is 4.44. The first-order valence-corrected chi connectivity index (χ1v) is 5.98. The highest BCUT2D eigenvalue weighted by Gasteiger charge is 2.04. The monoisotopic (exact) mass is 220 g/mol. The van der Waals surface area contributed by atoms with Gasteiger partial charge in [-0.15, -0.1) is 11.8 Å². The summed E-state index contributed by atoms with van der Waals surface area (Å²) in [5.74, 6) is 1.90. The average Bonchev–Trinajstić information content (AvgIpc) is 2.10. The molecule has 0 aliphatic carbocycles. The molecule has 0 aromatic carbocycles. The van der Waals surface area contributed by atoms with Gasteiger partial charge in [0.2, 0.25) is 0 Å². The highest BCUT2D eigenvalue weighted by Crippen LogP contribution is 2.06. The third-order valence-corrected chi connectivity index (χ3v) is 2.36. The molecule has 0 aliphatic heterocycles. The summed E-state index contributed by atoms with van der Waals surface area (Å²) in [4.78, 5) is 11.2. The van der Waals surface area contributed by atoms with Crippen LogP contribution in [0, 0.1) is 5.92 Å². The van der Waals surface area contributed by atoms with Crippen molar-refractivity contribution in [3.8, 4) is 0 Å². The van der Waals surface area contributed by atoms with E-state index in [2.05, 4.69) is 13.8 Å². The van der Waals surface area contributed by atoms with Crippen LogP contribution in [0.2, 0.25) is 0 Å². The van der Waals surface area contributed by atoms with Crippen LogP contribution in [0.25, 0.3) is 0 Å². The number of hydrogen-bond donors (Lipinski definition) is 0. The maximum Gasteiger partial charge on any atom is 0.143 e. The summed E-state index contributed by atoms with van der Waals surface area (Å²) in [7, 11) is 1.64. The second kappa shape index (κ2) is 9.49. The van der Waals surface area contributed by atoms with Crippen molar-refractivity contribution in [3.63, 3.8) is 0 Å². The Morgan fingerprint density at radius 1 is 1.36 bits per heavy atom. The summed E-state index contributed by atoms with van der Waals surface area (Å²) >= 11 is 1.53. The summed E-state index contributed by atoms with van der Waals surface area (Å²) in [6.07, 6.45) is 0.672. The van der Waals surface area contributed by atoms with Crippen molar-refractivity contribution >= 4 is 17.5 Å². The smallest absolute Gasteiger partial charge is 0.143 e. The number of hydrogen-bond acceptors (Lipinski definition) is 4. The van der Waals surface area contributed by atoms with E-state index >= 15 is 0 Å². The fourth-order valence-electron chi connectivity index (χ4n) is 0.930. The van der Waals surface area contributed by atoms with E-state index in [9.17, 15) is 4.79 Å². The average molecular weight is 220 g/mol. The van der Waals surface area contributed by atoms with E-state index in [1.54, 1.807) is 7.11 Å². The van der Waals surface area contributed by atoms with Gasteiger partial charge < -0.3 is 9.47 Å². The molecule has 0 spiro atoms. The van der Waals surface area contributed by atoms with E-state index in [4.69, 9.17) is 9.47 Å². The fourth-order valence-corrected chi connectivity index (χ4v) is 1.59. The molecule has 0 amide bonds. The van der Waals surface area contributed by atoms with Crippen LogP contribution < -0.4 is 0 Å². The van der Waals surface area contributed by atoms with Gasteiger partial charge in [-0.05, 0) is 5.92 Å². The van der Waals surface area contributed by atoms with Crippen molar-refractivity contribution in [1.29, 1.82) is 0 Å². The molecule has 0 fully saturated rings. The number of Topliss-reactive ketones (excluding diaryl/α,β-unsaturated/α-hetero) is 1. The van der Waals surface area contributed by atoms with E-state index in [1.807, 2.05) is 0 Å². The number of methoxy groups -OCH3 is 1. The molecule has 0 saturated heterocycles. The zero-order valence-corrected chi connectivity index (χ0v) is 10.1. The van der Waals surface area contributed by atoms with Gasteiger partial charge >= 0.3 is 0 Å². The Balaban J connectivity index is 3.15. The van der Waals surface area contributed by atoms with Crippen molar-refractivity contribution in [1.82, 2.24) is 0 Å². The highest BCUT2D eigenvalue weighted by atomic mass is 32.2. The first-order valence-electron chi connectivity index (χ1n) is 4.83. The van der Waals surface area contributed by atoms with Gasteiger partial charge in [-0.25, -0.2) is 0 Å². The summed E-state index contributed by atoms with van der Waals surface area (Å²) in [5.41, 5.74) is 0. The largest absolute Gasteiger partial charge is 0.382 e. The predicted octanol–water partition coefficient (Wildman–Crippen LogP) is 1.96. The lowest BCUT2D eigenvalue weighted by Crippen LogP contribution is -2.07. The third kappa shape index (κ3) is 10.0. The number of carbonyl (C=O) groups is 1. The van der Waals surface area contributed by atoms with E-state index < -0.39 is 0 Å². The number of ketones is 1. The lowest BCUT2D eigenvalue weighted by molar-refractivity contribution is -0.117.